The molecule has 0 aromatic carbocycles. The van der Waals surface area contributed by atoms with Crippen LogP contribution in [0.25, 0.3) is 0 Å². The molecule has 1 saturated heterocycles. The highest BCUT2D eigenvalue weighted by Gasteiger charge is 2.49. The normalized spacial score (nSPS) is 20.7. The maximum Gasteiger partial charge on any atom is 0.362 e. The van der Waals surface area contributed by atoms with Crippen molar-refractivity contribution in [2.45, 2.75) is 11.4 Å². The number of hydrogen-bond donors (Lipinski definition) is 0. The lowest BCUT2D eigenvalue weighted by molar-refractivity contribution is -0.132. The van der Waals surface area contributed by atoms with Crippen molar-refractivity contribution >= 4 is 57.0 Å². The van der Waals surface area contributed by atoms with Crippen molar-refractivity contribution in [2.24, 2.45) is 5.16 Å². The fraction of sp³-hybridized carbons (Fsp3) is 0.286. The van der Waals surface area contributed by atoms with Gasteiger partial charge in [0.15, 0.2) is 5.13 Å². The number of amides is 1. The predicted octanol–water partition coefficient (Wildman–Crippen LogP) is 2.42. The number of β-lactam (4-membered cyclic amide) rings is 1. The smallest absolute Gasteiger partial charge is 0.362 e. The first-order valence-corrected chi connectivity index (χ1v) is 8.94. The number of halogens is 1. The van der Waals surface area contributed by atoms with Gasteiger partial charge in [-0.05, 0) is 11.4 Å². The Balaban J connectivity index is 1.91. The van der Waals surface area contributed by atoms with Gasteiger partial charge in [0.05, 0.1) is 13.2 Å². The molecule has 2 unspecified atom stereocenters. The number of nitrogens with zero attached hydrogens (tertiary/aromatic N) is 3. The van der Waals surface area contributed by atoms with E-state index < -0.39 is 11.3 Å². The van der Waals surface area contributed by atoms with Crippen molar-refractivity contribution in [2.75, 3.05) is 19.1 Å². The molecule has 0 radical (unpaired) electrons. The topological polar surface area (TPSA) is 81.1 Å². The minimum atomic E-state index is -0.673. The molecular formula is C14H12ClN3O4S2. The van der Waals surface area contributed by atoms with Crippen molar-refractivity contribution in [3.8, 4) is 0 Å². The van der Waals surface area contributed by atoms with Crippen LogP contribution in [0, 0.1) is 0 Å². The third kappa shape index (κ3) is 2.79. The van der Waals surface area contributed by atoms with Crippen LogP contribution in [-0.4, -0.2) is 42.2 Å². The number of rotatable bonds is 5. The van der Waals surface area contributed by atoms with Gasteiger partial charge < -0.3 is 9.57 Å². The van der Waals surface area contributed by atoms with Gasteiger partial charge in [0, 0.05) is 10.3 Å². The second-order valence-electron chi connectivity index (χ2n) is 4.70. The highest BCUT2D eigenvalue weighted by atomic mass is 35.5. The van der Waals surface area contributed by atoms with Gasteiger partial charge in [-0.15, -0.1) is 34.3 Å². The van der Waals surface area contributed by atoms with Gasteiger partial charge in [-0.3, -0.25) is 9.69 Å². The number of oxime groups is 1. The minimum Gasteiger partial charge on any atom is -0.464 e. The molecule has 0 bridgehead atoms. The number of thiazole rings is 1. The Labute approximate surface area is 150 Å². The molecule has 0 aliphatic carbocycles. The van der Waals surface area contributed by atoms with E-state index in [9.17, 15) is 9.59 Å². The Hall–Kier alpha value is -1.97. The number of esters is 1. The maximum absolute atomic E-state index is 12.2. The van der Waals surface area contributed by atoms with E-state index in [4.69, 9.17) is 11.6 Å². The number of anilines is 1. The average Bonchev–Trinajstić information content (AvgIpc) is 3.27. The second kappa shape index (κ2) is 6.88. The fourth-order valence-electron chi connectivity index (χ4n) is 2.26. The first kappa shape index (κ1) is 16.9. The van der Waals surface area contributed by atoms with Crippen LogP contribution in [0.2, 0.25) is 0 Å². The molecule has 2 atom stereocenters. The second-order valence-corrected chi connectivity index (χ2v) is 6.99. The average molecular weight is 386 g/mol. The standard InChI is InChI=1S/C14H12ClN3O4S2/c1-21-13(20)10(17-22-2)7-6-24-14(16-7)18-11(9(15)12(18)19)8-4-3-5-23-8/h3-6,9,11H,1-2H3/b17-10-. The molecule has 2 aromatic rings. The first-order valence-electron chi connectivity index (χ1n) is 6.74. The number of alkyl halides is 1. The Morgan fingerprint density at radius 2 is 2.21 bits per heavy atom. The molecule has 1 fully saturated rings. The molecule has 1 aliphatic rings. The van der Waals surface area contributed by atoms with E-state index in [1.807, 2.05) is 17.5 Å². The van der Waals surface area contributed by atoms with E-state index in [2.05, 4.69) is 19.7 Å². The van der Waals surface area contributed by atoms with E-state index in [1.54, 1.807) is 5.38 Å². The van der Waals surface area contributed by atoms with Crippen LogP contribution in [-0.2, 0) is 19.2 Å². The highest BCUT2D eigenvalue weighted by molar-refractivity contribution is 7.14. The zero-order valence-electron chi connectivity index (χ0n) is 12.6. The van der Waals surface area contributed by atoms with Gasteiger partial charge in [-0.2, -0.15) is 0 Å². The van der Waals surface area contributed by atoms with E-state index in [0.717, 1.165) is 4.88 Å². The third-order valence-corrected chi connectivity index (χ3v) is 5.57. The molecule has 126 valence electrons. The minimum absolute atomic E-state index is 0.0643. The van der Waals surface area contributed by atoms with Gasteiger partial charge in [0.2, 0.25) is 11.6 Å². The van der Waals surface area contributed by atoms with Crippen LogP contribution in [0.4, 0.5) is 5.13 Å². The lowest BCUT2D eigenvalue weighted by Gasteiger charge is -2.41. The molecular weight excluding hydrogens is 374 g/mol. The fourth-order valence-corrected chi connectivity index (χ4v) is 4.39. The summed E-state index contributed by atoms with van der Waals surface area (Å²) in [7, 11) is 2.56. The molecule has 3 heterocycles. The zero-order valence-corrected chi connectivity index (χ0v) is 15.0. The van der Waals surface area contributed by atoms with Gasteiger partial charge >= 0.3 is 5.97 Å². The van der Waals surface area contributed by atoms with Crippen LogP contribution in [0.5, 0.6) is 0 Å². The number of ether oxygens (including phenoxy) is 1. The summed E-state index contributed by atoms with van der Waals surface area (Å²) in [5, 5.41) is 7.00. The highest BCUT2D eigenvalue weighted by Crippen LogP contribution is 2.44. The van der Waals surface area contributed by atoms with Gasteiger partial charge in [0.25, 0.3) is 0 Å². The van der Waals surface area contributed by atoms with Crippen molar-refractivity contribution < 1.29 is 19.2 Å². The van der Waals surface area contributed by atoms with Crippen molar-refractivity contribution in [1.29, 1.82) is 0 Å². The van der Waals surface area contributed by atoms with E-state index in [1.165, 1.54) is 41.8 Å². The van der Waals surface area contributed by atoms with Gasteiger partial charge in [-0.25, -0.2) is 9.78 Å². The molecule has 2 aromatic heterocycles. The Morgan fingerprint density at radius 3 is 2.83 bits per heavy atom. The lowest BCUT2D eigenvalue weighted by Crippen LogP contribution is -2.56. The summed E-state index contributed by atoms with van der Waals surface area (Å²) in [6, 6.07) is 3.56. The maximum atomic E-state index is 12.2. The monoisotopic (exact) mass is 385 g/mol. The molecule has 7 nitrogen and oxygen atoms in total. The summed E-state index contributed by atoms with van der Waals surface area (Å²) in [5.41, 5.74) is 0.213. The van der Waals surface area contributed by atoms with Crippen LogP contribution >= 0.6 is 34.3 Å². The lowest BCUT2D eigenvalue weighted by atomic mass is 10.0. The first-order chi connectivity index (χ1) is 11.6. The number of hydrogen-bond acceptors (Lipinski definition) is 8. The predicted molar refractivity (Wildman–Crippen MR) is 91.9 cm³/mol. The quantitative estimate of drug-likeness (QED) is 0.259. The number of methoxy groups -OCH3 is 1. The van der Waals surface area contributed by atoms with Crippen LogP contribution < -0.4 is 4.90 Å². The van der Waals surface area contributed by atoms with Crippen LogP contribution in [0.1, 0.15) is 16.6 Å². The molecule has 1 aliphatic heterocycles. The number of thiophene rings is 1. The van der Waals surface area contributed by atoms with E-state index in [0.29, 0.717) is 5.13 Å². The van der Waals surface area contributed by atoms with Crippen LogP contribution in [0.3, 0.4) is 0 Å². The molecule has 24 heavy (non-hydrogen) atoms. The molecule has 0 saturated carbocycles. The molecule has 1 amide bonds. The Kier molecular flexibility index (Phi) is 4.83. The van der Waals surface area contributed by atoms with Gasteiger partial charge in [0.1, 0.15) is 18.2 Å². The van der Waals surface area contributed by atoms with E-state index >= 15 is 0 Å². The third-order valence-electron chi connectivity index (χ3n) is 3.37. The molecule has 3 rings (SSSR count). The van der Waals surface area contributed by atoms with Crippen molar-refractivity contribution in [3.05, 3.63) is 33.5 Å². The summed E-state index contributed by atoms with van der Waals surface area (Å²) in [6.07, 6.45) is 0. The summed E-state index contributed by atoms with van der Waals surface area (Å²) in [5.74, 6) is -0.895. The van der Waals surface area contributed by atoms with Crippen molar-refractivity contribution in [1.82, 2.24) is 4.98 Å². The van der Waals surface area contributed by atoms with Crippen molar-refractivity contribution in [3.63, 3.8) is 0 Å². The SMILES string of the molecule is CO/N=C(\C(=O)OC)c1csc(N2C(=O)C(Cl)C2c2cccs2)n1. The largest absolute Gasteiger partial charge is 0.464 e. The van der Waals surface area contributed by atoms with Gasteiger partial charge in [-0.1, -0.05) is 11.2 Å². The summed E-state index contributed by atoms with van der Waals surface area (Å²) >= 11 is 8.91. The summed E-state index contributed by atoms with van der Waals surface area (Å²) in [6.45, 7) is 0. The Morgan fingerprint density at radius 1 is 1.42 bits per heavy atom. The van der Waals surface area contributed by atoms with E-state index in [-0.39, 0.29) is 23.4 Å². The molecule has 0 N–H and O–H groups in total. The summed E-state index contributed by atoms with van der Waals surface area (Å²) < 4.78 is 4.66. The van der Waals surface area contributed by atoms with Crippen LogP contribution in [0.15, 0.2) is 28.0 Å². The number of carbonyl (C=O) groups excluding carboxylic acids is 2. The summed E-state index contributed by atoms with van der Waals surface area (Å²) in [4.78, 5) is 35.4. The zero-order chi connectivity index (χ0) is 17.3. The number of aromatic nitrogens is 1. The molecule has 0 spiro atoms. The molecule has 10 heteroatoms. The Bertz CT molecular complexity index is 790. The number of carbonyl (C=O) groups is 2.